The Kier molecular flexibility index (Phi) is 3.71. The summed E-state index contributed by atoms with van der Waals surface area (Å²) in [6.07, 6.45) is 2.82. The molecule has 0 fully saturated rings. The van der Waals surface area contributed by atoms with Gasteiger partial charge >= 0.3 is 5.97 Å². The highest BCUT2D eigenvalue weighted by molar-refractivity contribution is 5.68. The molecule has 1 aromatic heterocycles. The van der Waals surface area contributed by atoms with Crippen molar-refractivity contribution in [3.8, 4) is 0 Å². The third kappa shape index (κ3) is 3.27. The molecule has 1 aromatic rings. The third-order valence-electron chi connectivity index (χ3n) is 2.12. The number of nitrogens with one attached hydrogen (secondary N) is 1. The lowest BCUT2D eigenvalue weighted by atomic mass is 10.2. The van der Waals surface area contributed by atoms with E-state index in [0.29, 0.717) is 0 Å². The number of aryl methyl sites for hydroxylation is 2. The van der Waals surface area contributed by atoms with Crippen molar-refractivity contribution in [3.63, 3.8) is 0 Å². The second-order valence-corrected chi connectivity index (χ2v) is 3.66. The predicted octanol–water partition coefficient (Wildman–Crippen LogP) is 1.26. The maximum Gasteiger partial charge on any atom is 0.305 e. The van der Waals surface area contributed by atoms with Gasteiger partial charge in [-0.3, -0.25) is 9.48 Å². The molecule has 84 valence electrons. The second-order valence-electron chi connectivity index (χ2n) is 3.66. The SMILES string of the molecule is CCc1nn(C)cc1NC(C)CC(=O)O. The number of rotatable bonds is 5. The molecule has 0 aliphatic heterocycles. The van der Waals surface area contributed by atoms with Gasteiger partial charge in [-0.2, -0.15) is 5.10 Å². The Balaban J connectivity index is 2.66. The van der Waals surface area contributed by atoms with Gasteiger partial charge in [-0.05, 0) is 13.3 Å². The van der Waals surface area contributed by atoms with Gasteiger partial charge in [0.1, 0.15) is 0 Å². The van der Waals surface area contributed by atoms with Crippen LogP contribution < -0.4 is 5.32 Å². The minimum atomic E-state index is -0.795. The van der Waals surface area contributed by atoms with E-state index >= 15 is 0 Å². The van der Waals surface area contributed by atoms with Crippen molar-refractivity contribution in [1.82, 2.24) is 9.78 Å². The standard InChI is InChI=1S/C10H17N3O2/c1-4-8-9(6-13(3)12-8)11-7(2)5-10(14)15/h6-7,11H,4-5H2,1-3H3,(H,14,15). The molecule has 0 aliphatic carbocycles. The number of hydrogen-bond acceptors (Lipinski definition) is 3. The summed E-state index contributed by atoms with van der Waals surface area (Å²) in [5, 5.41) is 16.1. The Bertz CT molecular complexity index is 346. The highest BCUT2D eigenvalue weighted by Gasteiger charge is 2.11. The lowest BCUT2D eigenvalue weighted by Gasteiger charge is -2.11. The van der Waals surface area contributed by atoms with Gasteiger partial charge in [0.05, 0.1) is 17.8 Å². The first-order valence-electron chi connectivity index (χ1n) is 5.03. The van der Waals surface area contributed by atoms with Gasteiger partial charge in [-0.1, -0.05) is 6.92 Å². The van der Waals surface area contributed by atoms with Gasteiger partial charge in [0.2, 0.25) is 0 Å². The summed E-state index contributed by atoms with van der Waals surface area (Å²) in [6, 6.07) is -0.0861. The minimum absolute atomic E-state index is 0.0861. The summed E-state index contributed by atoms with van der Waals surface area (Å²) in [5.41, 5.74) is 1.89. The van der Waals surface area contributed by atoms with Crippen LogP contribution in [0, 0.1) is 0 Å². The lowest BCUT2D eigenvalue weighted by molar-refractivity contribution is -0.137. The molecule has 0 saturated carbocycles. The van der Waals surface area contributed by atoms with E-state index in [-0.39, 0.29) is 12.5 Å². The van der Waals surface area contributed by atoms with E-state index in [0.717, 1.165) is 17.8 Å². The van der Waals surface area contributed by atoms with E-state index in [1.807, 2.05) is 27.1 Å². The van der Waals surface area contributed by atoms with Crippen molar-refractivity contribution in [3.05, 3.63) is 11.9 Å². The van der Waals surface area contributed by atoms with E-state index in [1.54, 1.807) is 4.68 Å². The van der Waals surface area contributed by atoms with Crippen LogP contribution in [0.3, 0.4) is 0 Å². The van der Waals surface area contributed by atoms with Crippen LogP contribution in [0.2, 0.25) is 0 Å². The maximum atomic E-state index is 10.5. The maximum absolute atomic E-state index is 10.5. The summed E-state index contributed by atoms with van der Waals surface area (Å²) in [6.45, 7) is 3.87. The van der Waals surface area contributed by atoms with Crippen molar-refractivity contribution in [2.75, 3.05) is 5.32 Å². The topological polar surface area (TPSA) is 67.2 Å². The average Bonchev–Trinajstić information content (AvgIpc) is 2.44. The molecule has 0 amide bonds. The summed E-state index contributed by atoms with van der Waals surface area (Å²) >= 11 is 0. The van der Waals surface area contributed by atoms with Crippen LogP contribution in [-0.2, 0) is 18.3 Å². The normalized spacial score (nSPS) is 12.5. The first-order valence-corrected chi connectivity index (χ1v) is 5.03. The van der Waals surface area contributed by atoms with Crippen molar-refractivity contribution < 1.29 is 9.90 Å². The largest absolute Gasteiger partial charge is 0.481 e. The Morgan fingerprint density at radius 1 is 1.73 bits per heavy atom. The Morgan fingerprint density at radius 2 is 2.40 bits per heavy atom. The molecule has 1 unspecified atom stereocenters. The number of carboxylic acid groups (broad SMARTS) is 1. The van der Waals surface area contributed by atoms with E-state index in [9.17, 15) is 4.79 Å². The van der Waals surface area contributed by atoms with Crippen LogP contribution in [-0.4, -0.2) is 26.9 Å². The smallest absolute Gasteiger partial charge is 0.305 e. The minimum Gasteiger partial charge on any atom is -0.481 e. The van der Waals surface area contributed by atoms with E-state index in [4.69, 9.17) is 5.11 Å². The molecule has 1 atom stereocenters. The van der Waals surface area contributed by atoms with Crippen molar-refractivity contribution in [1.29, 1.82) is 0 Å². The first-order chi connectivity index (χ1) is 7.02. The number of nitrogens with zero attached hydrogens (tertiary/aromatic N) is 2. The molecule has 0 aliphatic rings. The number of aliphatic carboxylic acids is 1. The summed E-state index contributed by atoms with van der Waals surface area (Å²) in [5.74, 6) is -0.795. The molecule has 5 nitrogen and oxygen atoms in total. The molecular formula is C10H17N3O2. The van der Waals surface area contributed by atoms with Gasteiger partial charge < -0.3 is 10.4 Å². The number of hydrogen-bond donors (Lipinski definition) is 2. The average molecular weight is 211 g/mol. The fourth-order valence-electron chi connectivity index (χ4n) is 1.49. The fourth-order valence-corrected chi connectivity index (χ4v) is 1.49. The Labute approximate surface area is 89.1 Å². The molecule has 15 heavy (non-hydrogen) atoms. The van der Waals surface area contributed by atoms with Gasteiger partial charge in [-0.25, -0.2) is 0 Å². The molecule has 0 saturated heterocycles. The number of anilines is 1. The Hall–Kier alpha value is -1.52. The predicted molar refractivity (Wildman–Crippen MR) is 57.9 cm³/mol. The molecular weight excluding hydrogens is 194 g/mol. The van der Waals surface area contributed by atoms with E-state index in [2.05, 4.69) is 10.4 Å². The second kappa shape index (κ2) is 4.82. The van der Waals surface area contributed by atoms with Gasteiger partial charge in [-0.15, -0.1) is 0 Å². The molecule has 0 bridgehead atoms. The summed E-state index contributed by atoms with van der Waals surface area (Å²) in [7, 11) is 1.85. The lowest BCUT2D eigenvalue weighted by Crippen LogP contribution is -2.19. The first kappa shape index (κ1) is 11.6. The fraction of sp³-hybridized carbons (Fsp3) is 0.600. The number of carbonyl (C=O) groups is 1. The van der Waals surface area contributed by atoms with E-state index in [1.165, 1.54) is 0 Å². The molecule has 0 spiro atoms. The van der Waals surface area contributed by atoms with Crippen LogP contribution >= 0.6 is 0 Å². The van der Waals surface area contributed by atoms with E-state index < -0.39 is 5.97 Å². The summed E-state index contributed by atoms with van der Waals surface area (Å²) in [4.78, 5) is 10.5. The highest BCUT2D eigenvalue weighted by atomic mass is 16.4. The summed E-state index contributed by atoms with van der Waals surface area (Å²) < 4.78 is 1.73. The molecule has 2 N–H and O–H groups in total. The van der Waals surface area contributed by atoms with Crippen LogP contribution in [0.25, 0.3) is 0 Å². The van der Waals surface area contributed by atoms with Crippen molar-refractivity contribution in [2.45, 2.75) is 32.7 Å². The number of carboxylic acids is 1. The van der Waals surface area contributed by atoms with Gasteiger partial charge in [0.15, 0.2) is 0 Å². The highest BCUT2D eigenvalue weighted by Crippen LogP contribution is 2.15. The molecule has 1 rings (SSSR count). The quantitative estimate of drug-likeness (QED) is 0.769. The molecule has 5 heteroatoms. The van der Waals surface area contributed by atoms with Crippen LogP contribution in [0.15, 0.2) is 6.20 Å². The molecule has 1 heterocycles. The zero-order chi connectivity index (χ0) is 11.4. The number of aromatic nitrogens is 2. The molecule has 0 aromatic carbocycles. The van der Waals surface area contributed by atoms with Crippen LogP contribution in [0.5, 0.6) is 0 Å². The van der Waals surface area contributed by atoms with Gasteiger partial charge in [0.25, 0.3) is 0 Å². The van der Waals surface area contributed by atoms with Crippen molar-refractivity contribution >= 4 is 11.7 Å². The molecule has 0 radical (unpaired) electrons. The van der Waals surface area contributed by atoms with Gasteiger partial charge in [0, 0.05) is 19.3 Å². The third-order valence-corrected chi connectivity index (χ3v) is 2.12. The Morgan fingerprint density at radius 3 is 2.93 bits per heavy atom. The van der Waals surface area contributed by atoms with Crippen molar-refractivity contribution in [2.24, 2.45) is 7.05 Å². The van der Waals surface area contributed by atoms with Crippen LogP contribution in [0.1, 0.15) is 26.0 Å². The monoisotopic (exact) mass is 211 g/mol. The van der Waals surface area contributed by atoms with Crippen LogP contribution in [0.4, 0.5) is 5.69 Å². The zero-order valence-electron chi connectivity index (χ0n) is 9.32. The zero-order valence-corrected chi connectivity index (χ0v) is 9.32.